The van der Waals surface area contributed by atoms with Crippen LogP contribution in [0.25, 0.3) is 0 Å². The van der Waals surface area contributed by atoms with Crippen molar-refractivity contribution in [2.24, 2.45) is 5.92 Å². The molecule has 0 saturated carbocycles. The average molecular weight is 307 g/mol. The predicted octanol–water partition coefficient (Wildman–Crippen LogP) is 2.34. The Hall–Kier alpha value is -2.11. The van der Waals surface area contributed by atoms with Crippen molar-refractivity contribution in [2.75, 3.05) is 0 Å². The van der Waals surface area contributed by atoms with Gasteiger partial charge in [0, 0.05) is 18.4 Å². The Labute approximate surface area is 128 Å². The highest BCUT2D eigenvalue weighted by molar-refractivity contribution is 6.04. The Bertz CT molecular complexity index is 616. The molecule has 1 aliphatic carbocycles. The van der Waals surface area contributed by atoms with Crippen LogP contribution in [0.4, 0.5) is 0 Å². The van der Waals surface area contributed by atoms with E-state index in [0.29, 0.717) is 42.6 Å². The molecule has 120 valence electrons. The zero-order valence-corrected chi connectivity index (χ0v) is 13.1. The fourth-order valence-electron chi connectivity index (χ4n) is 2.76. The van der Waals surface area contributed by atoms with E-state index in [-0.39, 0.29) is 17.5 Å². The lowest BCUT2D eigenvalue weighted by Gasteiger charge is -2.19. The number of rotatable bonds is 5. The molecule has 2 rings (SSSR count). The number of nitrogens with one attached hydrogen (secondary N) is 1. The lowest BCUT2D eigenvalue weighted by Crippen LogP contribution is -2.45. The first-order valence-electron chi connectivity index (χ1n) is 7.55. The van der Waals surface area contributed by atoms with Crippen molar-refractivity contribution < 1.29 is 23.9 Å². The van der Waals surface area contributed by atoms with Gasteiger partial charge >= 0.3 is 5.97 Å². The second kappa shape index (κ2) is 6.34. The first-order valence-corrected chi connectivity index (χ1v) is 7.55. The molecule has 6 nitrogen and oxygen atoms in total. The minimum absolute atomic E-state index is 0.0155. The first kappa shape index (κ1) is 16.3. The van der Waals surface area contributed by atoms with Crippen LogP contribution < -0.4 is 5.32 Å². The minimum atomic E-state index is -1.08. The van der Waals surface area contributed by atoms with E-state index in [4.69, 9.17) is 4.42 Å². The molecule has 0 bridgehead atoms. The van der Waals surface area contributed by atoms with Crippen LogP contribution in [0.2, 0.25) is 0 Å². The maximum Gasteiger partial charge on any atom is 0.326 e. The molecule has 2 N–H and O–H groups in total. The van der Waals surface area contributed by atoms with Gasteiger partial charge in [0.15, 0.2) is 11.5 Å². The Kier molecular flexibility index (Phi) is 4.68. The second-order valence-corrected chi connectivity index (χ2v) is 5.81. The second-order valence-electron chi connectivity index (χ2n) is 5.81. The molecule has 0 aromatic carbocycles. The summed E-state index contributed by atoms with van der Waals surface area (Å²) >= 11 is 0. The predicted molar refractivity (Wildman–Crippen MR) is 79.1 cm³/mol. The molecular formula is C16H21NO5. The molecule has 1 aliphatic rings. The average Bonchev–Trinajstić information content (AvgIpc) is 2.82. The summed E-state index contributed by atoms with van der Waals surface area (Å²) in [6, 6.07) is -0.977. The van der Waals surface area contributed by atoms with Crippen LogP contribution in [-0.4, -0.2) is 28.8 Å². The number of hydrogen-bond donors (Lipinski definition) is 2. The molecule has 1 heterocycles. The van der Waals surface area contributed by atoms with Gasteiger partial charge in [-0.25, -0.2) is 4.79 Å². The molecule has 1 aromatic heterocycles. The van der Waals surface area contributed by atoms with E-state index >= 15 is 0 Å². The number of hydrogen-bond acceptors (Lipinski definition) is 4. The van der Waals surface area contributed by atoms with Crippen molar-refractivity contribution in [3.63, 3.8) is 0 Å². The van der Waals surface area contributed by atoms with Gasteiger partial charge in [0.05, 0.1) is 5.56 Å². The van der Waals surface area contributed by atoms with Gasteiger partial charge in [0.2, 0.25) is 0 Å². The summed E-state index contributed by atoms with van der Waals surface area (Å²) in [5.41, 5.74) is 0.998. The van der Waals surface area contributed by atoms with Gasteiger partial charge in [0.1, 0.15) is 11.8 Å². The molecule has 0 saturated heterocycles. The van der Waals surface area contributed by atoms with E-state index in [1.165, 1.54) is 0 Å². The van der Waals surface area contributed by atoms with Gasteiger partial charge in [-0.15, -0.1) is 0 Å². The maximum absolute atomic E-state index is 12.3. The molecule has 6 heteroatoms. The van der Waals surface area contributed by atoms with Crippen molar-refractivity contribution in [2.45, 2.75) is 52.5 Å². The third-order valence-corrected chi connectivity index (χ3v) is 4.28. The number of ketones is 1. The van der Waals surface area contributed by atoms with Crippen molar-refractivity contribution in [3.05, 3.63) is 22.6 Å². The number of amides is 1. The molecule has 0 aliphatic heterocycles. The van der Waals surface area contributed by atoms with E-state index in [1.54, 1.807) is 13.8 Å². The molecule has 1 aromatic rings. The largest absolute Gasteiger partial charge is 0.480 e. The molecular weight excluding hydrogens is 286 g/mol. The monoisotopic (exact) mass is 307 g/mol. The number of carbonyl (C=O) groups is 3. The zero-order valence-electron chi connectivity index (χ0n) is 13.1. The van der Waals surface area contributed by atoms with Gasteiger partial charge in [0.25, 0.3) is 5.91 Å². The summed E-state index contributed by atoms with van der Waals surface area (Å²) in [7, 11) is 0. The summed E-state index contributed by atoms with van der Waals surface area (Å²) in [5, 5.41) is 11.7. The van der Waals surface area contributed by atoms with E-state index in [1.807, 2.05) is 6.92 Å². The Morgan fingerprint density at radius 3 is 2.59 bits per heavy atom. The van der Waals surface area contributed by atoms with Crippen LogP contribution in [0.3, 0.4) is 0 Å². The number of carbonyl (C=O) groups excluding carboxylic acids is 2. The Balaban J connectivity index is 2.27. The van der Waals surface area contributed by atoms with E-state index < -0.39 is 17.9 Å². The normalized spacial score (nSPS) is 16.8. The fraction of sp³-hybridized carbons (Fsp3) is 0.562. The topological polar surface area (TPSA) is 96.6 Å². The number of Topliss-reactive ketones (excluding diaryl/α,β-unsaturated/α-hetero) is 1. The van der Waals surface area contributed by atoms with Crippen LogP contribution in [0.15, 0.2) is 4.42 Å². The van der Waals surface area contributed by atoms with Crippen LogP contribution in [0.5, 0.6) is 0 Å². The smallest absolute Gasteiger partial charge is 0.326 e. The lowest BCUT2D eigenvalue weighted by molar-refractivity contribution is -0.140. The van der Waals surface area contributed by atoms with Gasteiger partial charge in [-0.05, 0) is 19.3 Å². The van der Waals surface area contributed by atoms with Gasteiger partial charge in [-0.2, -0.15) is 0 Å². The van der Waals surface area contributed by atoms with E-state index in [0.717, 1.165) is 0 Å². The van der Waals surface area contributed by atoms with E-state index in [2.05, 4.69) is 5.32 Å². The lowest BCUT2D eigenvalue weighted by atomic mass is 9.94. The van der Waals surface area contributed by atoms with Gasteiger partial charge in [-0.3, -0.25) is 9.59 Å². The van der Waals surface area contributed by atoms with Crippen molar-refractivity contribution in [1.82, 2.24) is 5.32 Å². The van der Waals surface area contributed by atoms with Crippen LogP contribution in [0.1, 0.15) is 65.3 Å². The van der Waals surface area contributed by atoms with Crippen LogP contribution in [0, 0.1) is 12.8 Å². The number of furan rings is 1. The zero-order chi connectivity index (χ0) is 16.4. The molecule has 22 heavy (non-hydrogen) atoms. The number of carboxylic acid groups (broad SMARTS) is 1. The van der Waals surface area contributed by atoms with Crippen molar-refractivity contribution in [3.8, 4) is 0 Å². The molecule has 1 amide bonds. The highest BCUT2D eigenvalue weighted by Crippen LogP contribution is 2.29. The third kappa shape index (κ3) is 2.91. The molecule has 0 spiro atoms. The summed E-state index contributed by atoms with van der Waals surface area (Å²) in [6.07, 6.45) is 2.43. The SMILES string of the molecule is CCC(C)C(NC(=O)c1oc2c(c1C)C(=O)CCC2)C(=O)O. The fourth-order valence-corrected chi connectivity index (χ4v) is 2.76. The van der Waals surface area contributed by atoms with Gasteiger partial charge in [-0.1, -0.05) is 20.3 Å². The summed E-state index contributed by atoms with van der Waals surface area (Å²) < 4.78 is 5.54. The number of aryl methyl sites for hydroxylation is 1. The summed E-state index contributed by atoms with van der Waals surface area (Å²) in [6.45, 7) is 5.30. The number of aliphatic carboxylic acids is 1. The molecule has 0 radical (unpaired) electrons. The summed E-state index contributed by atoms with van der Waals surface area (Å²) in [5.74, 6) is -1.28. The quantitative estimate of drug-likeness (QED) is 0.870. The van der Waals surface area contributed by atoms with Gasteiger partial charge < -0.3 is 14.8 Å². The first-order chi connectivity index (χ1) is 10.4. The highest BCUT2D eigenvalue weighted by Gasteiger charge is 2.31. The Morgan fingerprint density at radius 1 is 1.36 bits per heavy atom. The van der Waals surface area contributed by atoms with E-state index in [9.17, 15) is 19.5 Å². The van der Waals surface area contributed by atoms with Crippen LogP contribution >= 0.6 is 0 Å². The number of carboxylic acids is 1. The standard InChI is InChI=1S/C16H21NO5/c1-4-8(2)13(16(20)21)17-15(19)14-9(3)12-10(18)6-5-7-11(12)22-14/h8,13H,4-7H2,1-3H3,(H,17,19)(H,20,21). The van der Waals surface area contributed by atoms with Crippen LogP contribution in [-0.2, 0) is 11.2 Å². The Morgan fingerprint density at radius 2 is 2.05 bits per heavy atom. The third-order valence-electron chi connectivity index (χ3n) is 4.28. The highest BCUT2D eigenvalue weighted by atomic mass is 16.4. The molecule has 2 unspecified atom stereocenters. The molecule has 0 fully saturated rings. The minimum Gasteiger partial charge on any atom is -0.480 e. The van der Waals surface area contributed by atoms with Crippen molar-refractivity contribution >= 4 is 17.7 Å². The molecule has 2 atom stereocenters. The number of fused-ring (bicyclic) bond motifs is 1. The summed E-state index contributed by atoms with van der Waals surface area (Å²) in [4.78, 5) is 35.6. The maximum atomic E-state index is 12.3. The van der Waals surface area contributed by atoms with Crippen molar-refractivity contribution in [1.29, 1.82) is 0 Å².